The monoisotopic (exact) mass is 267 g/mol. The number of ether oxygens (including phenoxy) is 2. The molecule has 0 saturated heterocycles. The number of carboxylic acid groups (broad SMARTS) is 1. The van der Waals surface area contributed by atoms with E-state index in [9.17, 15) is 9.59 Å². The molecule has 104 valence electrons. The first kappa shape index (κ1) is 14.8. The molecular weight excluding hydrogens is 250 g/mol. The van der Waals surface area contributed by atoms with Crippen LogP contribution < -0.4 is 14.8 Å². The maximum atomic E-state index is 11.7. The summed E-state index contributed by atoms with van der Waals surface area (Å²) in [5.41, 5.74) is 0.327. The SMILES string of the molecule is CCCOc1cc(C(=O)NCC(=O)O)ccc1OC. The Morgan fingerprint density at radius 2 is 2.05 bits per heavy atom. The van der Waals surface area contributed by atoms with Gasteiger partial charge in [0.1, 0.15) is 6.54 Å². The third kappa shape index (κ3) is 4.50. The van der Waals surface area contributed by atoms with Crippen LogP contribution in [-0.2, 0) is 4.79 Å². The van der Waals surface area contributed by atoms with Crippen LogP contribution in [-0.4, -0.2) is 37.2 Å². The normalized spacial score (nSPS) is 9.79. The summed E-state index contributed by atoms with van der Waals surface area (Å²) in [6.45, 7) is 2.06. The Morgan fingerprint density at radius 3 is 2.63 bits per heavy atom. The van der Waals surface area contributed by atoms with E-state index in [1.54, 1.807) is 12.1 Å². The first-order chi connectivity index (χ1) is 9.08. The lowest BCUT2D eigenvalue weighted by Gasteiger charge is -2.11. The summed E-state index contributed by atoms with van der Waals surface area (Å²) in [7, 11) is 1.51. The molecule has 0 radical (unpaired) electrons. The third-order valence-corrected chi connectivity index (χ3v) is 2.29. The number of hydrogen-bond acceptors (Lipinski definition) is 4. The maximum Gasteiger partial charge on any atom is 0.322 e. The lowest BCUT2D eigenvalue weighted by atomic mass is 10.2. The van der Waals surface area contributed by atoms with Gasteiger partial charge in [-0.25, -0.2) is 0 Å². The number of amides is 1. The van der Waals surface area contributed by atoms with Crippen LogP contribution in [0.2, 0.25) is 0 Å². The number of hydrogen-bond donors (Lipinski definition) is 2. The van der Waals surface area contributed by atoms with Crippen LogP contribution >= 0.6 is 0 Å². The van der Waals surface area contributed by atoms with Crippen molar-refractivity contribution in [2.45, 2.75) is 13.3 Å². The fraction of sp³-hybridized carbons (Fsp3) is 0.385. The number of aliphatic carboxylic acids is 1. The van der Waals surface area contributed by atoms with Crippen LogP contribution in [0, 0.1) is 0 Å². The molecule has 6 nitrogen and oxygen atoms in total. The molecule has 6 heteroatoms. The van der Waals surface area contributed by atoms with E-state index in [0.717, 1.165) is 6.42 Å². The van der Waals surface area contributed by atoms with E-state index in [2.05, 4.69) is 5.32 Å². The van der Waals surface area contributed by atoms with E-state index in [1.807, 2.05) is 6.92 Å². The highest BCUT2D eigenvalue weighted by Crippen LogP contribution is 2.28. The van der Waals surface area contributed by atoms with Gasteiger partial charge in [-0.2, -0.15) is 0 Å². The largest absolute Gasteiger partial charge is 0.493 e. The first-order valence-corrected chi connectivity index (χ1v) is 5.89. The van der Waals surface area contributed by atoms with Crippen molar-refractivity contribution in [1.29, 1.82) is 0 Å². The number of carbonyl (C=O) groups is 2. The van der Waals surface area contributed by atoms with Crippen molar-refractivity contribution in [3.8, 4) is 11.5 Å². The minimum Gasteiger partial charge on any atom is -0.493 e. The minimum absolute atomic E-state index is 0.327. The Balaban J connectivity index is 2.84. The quantitative estimate of drug-likeness (QED) is 0.777. The Kier molecular flexibility index (Phi) is 5.66. The standard InChI is InChI=1S/C13H17NO5/c1-3-6-19-11-7-9(4-5-10(11)18-2)13(17)14-8-12(15)16/h4-5,7H,3,6,8H2,1-2H3,(H,14,17)(H,15,16). The second kappa shape index (κ2) is 7.25. The third-order valence-electron chi connectivity index (χ3n) is 2.29. The van der Waals surface area contributed by atoms with E-state index < -0.39 is 18.4 Å². The number of methoxy groups -OCH3 is 1. The summed E-state index contributed by atoms with van der Waals surface area (Å²) in [6.07, 6.45) is 0.832. The predicted molar refractivity (Wildman–Crippen MR) is 68.7 cm³/mol. The number of carboxylic acids is 1. The second-order valence-electron chi connectivity index (χ2n) is 3.79. The van der Waals surface area contributed by atoms with Crippen molar-refractivity contribution in [3.05, 3.63) is 23.8 Å². The summed E-state index contributed by atoms with van der Waals surface area (Å²) in [5, 5.41) is 10.8. The van der Waals surface area contributed by atoms with Crippen LogP contribution in [0.1, 0.15) is 23.7 Å². The number of carbonyl (C=O) groups excluding carboxylic acids is 1. The van der Waals surface area contributed by atoms with Gasteiger partial charge in [-0.15, -0.1) is 0 Å². The topological polar surface area (TPSA) is 84.9 Å². The summed E-state index contributed by atoms with van der Waals surface area (Å²) < 4.78 is 10.6. The average Bonchev–Trinajstić information content (AvgIpc) is 2.42. The minimum atomic E-state index is -1.09. The second-order valence-corrected chi connectivity index (χ2v) is 3.79. The molecule has 1 rings (SSSR count). The summed E-state index contributed by atoms with van der Waals surface area (Å²) >= 11 is 0. The molecule has 0 aliphatic heterocycles. The molecule has 0 saturated carbocycles. The van der Waals surface area contributed by atoms with Crippen molar-refractivity contribution in [1.82, 2.24) is 5.32 Å². The molecule has 0 fully saturated rings. The number of nitrogens with one attached hydrogen (secondary N) is 1. The molecule has 0 aliphatic carbocycles. The van der Waals surface area contributed by atoms with E-state index in [0.29, 0.717) is 23.7 Å². The summed E-state index contributed by atoms with van der Waals surface area (Å²) in [6, 6.07) is 4.70. The Labute approximate surface area is 111 Å². The van der Waals surface area contributed by atoms with Crippen LogP contribution in [0.4, 0.5) is 0 Å². The zero-order valence-electron chi connectivity index (χ0n) is 10.9. The molecule has 0 heterocycles. The molecule has 0 spiro atoms. The lowest BCUT2D eigenvalue weighted by molar-refractivity contribution is -0.135. The smallest absolute Gasteiger partial charge is 0.322 e. The number of rotatable bonds is 7. The highest BCUT2D eigenvalue weighted by Gasteiger charge is 2.11. The molecule has 2 N–H and O–H groups in total. The van der Waals surface area contributed by atoms with Crippen LogP contribution in [0.15, 0.2) is 18.2 Å². The van der Waals surface area contributed by atoms with Crippen LogP contribution in [0.25, 0.3) is 0 Å². The van der Waals surface area contributed by atoms with Gasteiger partial charge in [0, 0.05) is 5.56 Å². The zero-order chi connectivity index (χ0) is 14.3. The molecule has 0 unspecified atom stereocenters. The summed E-state index contributed by atoms with van der Waals surface area (Å²) in [4.78, 5) is 22.1. The molecule has 1 aromatic carbocycles. The van der Waals surface area contributed by atoms with Crippen molar-refractivity contribution in [3.63, 3.8) is 0 Å². The molecule has 0 aliphatic rings. The van der Waals surface area contributed by atoms with Gasteiger partial charge in [0.25, 0.3) is 5.91 Å². The van der Waals surface area contributed by atoms with E-state index in [-0.39, 0.29) is 0 Å². The van der Waals surface area contributed by atoms with Gasteiger partial charge in [-0.1, -0.05) is 6.92 Å². The number of benzene rings is 1. The molecular formula is C13H17NO5. The van der Waals surface area contributed by atoms with E-state index in [4.69, 9.17) is 14.6 Å². The van der Waals surface area contributed by atoms with E-state index >= 15 is 0 Å². The maximum absolute atomic E-state index is 11.7. The zero-order valence-corrected chi connectivity index (χ0v) is 10.9. The van der Waals surface area contributed by atoms with Crippen LogP contribution in [0.3, 0.4) is 0 Å². The van der Waals surface area contributed by atoms with Crippen LogP contribution in [0.5, 0.6) is 11.5 Å². The Morgan fingerprint density at radius 1 is 1.32 bits per heavy atom. The molecule has 0 aromatic heterocycles. The Hall–Kier alpha value is -2.24. The molecule has 1 aromatic rings. The van der Waals surface area contributed by atoms with Gasteiger partial charge < -0.3 is 19.9 Å². The molecule has 19 heavy (non-hydrogen) atoms. The molecule has 1 amide bonds. The Bertz CT molecular complexity index is 458. The average molecular weight is 267 g/mol. The first-order valence-electron chi connectivity index (χ1n) is 5.89. The lowest BCUT2D eigenvalue weighted by Crippen LogP contribution is -2.29. The highest BCUT2D eigenvalue weighted by atomic mass is 16.5. The fourth-order valence-corrected chi connectivity index (χ4v) is 1.40. The van der Waals surface area contributed by atoms with Gasteiger partial charge in [0.2, 0.25) is 0 Å². The van der Waals surface area contributed by atoms with Crippen molar-refractivity contribution in [2.24, 2.45) is 0 Å². The van der Waals surface area contributed by atoms with Crippen molar-refractivity contribution < 1.29 is 24.2 Å². The summed E-state index contributed by atoms with van der Waals surface area (Å²) in [5.74, 6) is -0.564. The van der Waals surface area contributed by atoms with E-state index in [1.165, 1.54) is 13.2 Å². The van der Waals surface area contributed by atoms with Gasteiger partial charge >= 0.3 is 5.97 Å². The predicted octanol–water partition coefficient (Wildman–Crippen LogP) is 1.30. The molecule has 0 atom stereocenters. The van der Waals surface area contributed by atoms with Gasteiger partial charge in [-0.3, -0.25) is 9.59 Å². The van der Waals surface area contributed by atoms with Crippen molar-refractivity contribution >= 4 is 11.9 Å². The van der Waals surface area contributed by atoms with Gasteiger partial charge in [0.05, 0.1) is 13.7 Å². The van der Waals surface area contributed by atoms with Gasteiger partial charge in [-0.05, 0) is 24.6 Å². The highest BCUT2D eigenvalue weighted by molar-refractivity contribution is 5.96. The van der Waals surface area contributed by atoms with Gasteiger partial charge in [0.15, 0.2) is 11.5 Å². The van der Waals surface area contributed by atoms with Crippen molar-refractivity contribution in [2.75, 3.05) is 20.3 Å². The molecule has 0 bridgehead atoms. The fourth-order valence-electron chi connectivity index (χ4n) is 1.40.